The third-order valence-electron chi connectivity index (χ3n) is 4.45. The summed E-state index contributed by atoms with van der Waals surface area (Å²) < 4.78 is 33.0. The quantitative estimate of drug-likeness (QED) is 0.896. The number of fused-ring (bicyclic) bond motifs is 1. The van der Waals surface area contributed by atoms with Gasteiger partial charge in [0.05, 0.1) is 10.6 Å². The van der Waals surface area contributed by atoms with E-state index in [1.54, 1.807) is 24.2 Å². The Morgan fingerprint density at radius 3 is 2.74 bits per heavy atom. The van der Waals surface area contributed by atoms with Crippen LogP contribution >= 0.6 is 0 Å². The van der Waals surface area contributed by atoms with E-state index in [0.717, 1.165) is 12.8 Å². The van der Waals surface area contributed by atoms with Gasteiger partial charge in [-0.1, -0.05) is 6.92 Å². The highest BCUT2D eigenvalue weighted by Gasteiger charge is 2.32. The van der Waals surface area contributed by atoms with Crippen LogP contribution in [0.15, 0.2) is 17.0 Å². The highest BCUT2D eigenvalue weighted by Crippen LogP contribution is 2.36. The molecule has 23 heavy (non-hydrogen) atoms. The molecule has 1 fully saturated rings. The van der Waals surface area contributed by atoms with E-state index in [-0.39, 0.29) is 10.8 Å². The van der Waals surface area contributed by atoms with Crippen molar-refractivity contribution >= 4 is 21.6 Å². The number of anilines is 1. The van der Waals surface area contributed by atoms with Crippen molar-refractivity contribution in [2.45, 2.75) is 44.6 Å². The Kier molecular flexibility index (Phi) is 4.10. The Hall–Kier alpha value is -1.60. The lowest BCUT2D eigenvalue weighted by molar-refractivity contribution is -0.122. The molecule has 1 N–H and O–H groups in total. The molecular formula is C16H22N2O4S. The largest absolute Gasteiger partial charge is 0.479 e. The smallest absolute Gasteiger partial charge is 0.265 e. The summed E-state index contributed by atoms with van der Waals surface area (Å²) in [4.78, 5) is 11.9. The molecule has 0 bridgehead atoms. The number of carbonyl (C=O) groups is 1. The van der Waals surface area contributed by atoms with Crippen molar-refractivity contribution in [2.75, 3.05) is 18.4 Å². The molecular weight excluding hydrogens is 316 g/mol. The average Bonchev–Trinajstić information content (AvgIpc) is 2.48. The van der Waals surface area contributed by atoms with E-state index in [9.17, 15) is 13.2 Å². The second kappa shape index (κ2) is 5.79. The normalized spacial score (nSPS) is 25.4. The lowest BCUT2D eigenvalue weighted by atomic mass is 10.0. The Bertz CT molecular complexity index is 745. The molecule has 1 saturated heterocycles. The van der Waals surface area contributed by atoms with Gasteiger partial charge >= 0.3 is 0 Å². The van der Waals surface area contributed by atoms with Crippen molar-refractivity contribution in [3.05, 3.63) is 17.7 Å². The first kappa shape index (κ1) is 16.3. The summed E-state index contributed by atoms with van der Waals surface area (Å²) in [6, 6.07) is 3.20. The van der Waals surface area contributed by atoms with Gasteiger partial charge in [-0.05, 0) is 44.2 Å². The molecule has 2 aliphatic heterocycles. The monoisotopic (exact) mass is 338 g/mol. The molecule has 0 aliphatic carbocycles. The van der Waals surface area contributed by atoms with E-state index in [4.69, 9.17) is 4.74 Å². The Morgan fingerprint density at radius 1 is 1.30 bits per heavy atom. The number of nitrogens with zero attached hydrogens (tertiary/aromatic N) is 1. The number of ether oxygens (including phenoxy) is 1. The maximum atomic E-state index is 13.0. The maximum absolute atomic E-state index is 13.0. The number of hydrogen-bond acceptors (Lipinski definition) is 4. The van der Waals surface area contributed by atoms with Crippen LogP contribution < -0.4 is 10.1 Å². The number of amides is 1. The van der Waals surface area contributed by atoms with Crippen LogP contribution in [0.3, 0.4) is 0 Å². The van der Waals surface area contributed by atoms with Gasteiger partial charge < -0.3 is 10.1 Å². The summed E-state index contributed by atoms with van der Waals surface area (Å²) in [5.74, 6) is 0.552. The second-order valence-electron chi connectivity index (χ2n) is 6.47. The number of nitrogens with one attached hydrogen (secondary N) is 1. The van der Waals surface area contributed by atoms with Gasteiger partial charge in [-0.3, -0.25) is 4.79 Å². The fourth-order valence-corrected chi connectivity index (χ4v) is 4.94. The van der Waals surface area contributed by atoms with Gasteiger partial charge in [0, 0.05) is 19.2 Å². The van der Waals surface area contributed by atoms with Crippen molar-refractivity contribution in [1.82, 2.24) is 4.31 Å². The number of rotatable bonds is 2. The third-order valence-corrected chi connectivity index (χ3v) is 6.45. The molecule has 3 rings (SSSR count). The number of hydrogen-bond donors (Lipinski definition) is 1. The first-order valence-corrected chi connectivity index (χ1v) is 9.35. The first-order chi connectivity index (χ1) is 10.8. The van der Waals surface area contributed by atoms with Gasteiger partial charge in [0.15, 0.2) is 6.10 Å². The zero-order valence-electron chi connectivity index (χ0n) is 13.6. The zero-order valence-corrected chi connectivity index (χ0v) is 14.4. The van der Waals surface area contributed by atoms with Gasteiger partial charge in [-0.25, -0.2) is 8.42 Å². The van der Waals surface area contributed by atoms with Gasteiger partial charge in [-0.2, -0.15) is 4.31 Å². The van der Waals surface area contributed by atoms with Gasteiger partial charge in [0.2, 0.25) is 10.0 Å². The molecule has 2 atom stereocenters. The minimum atomic E-state index is -3.55. The molecule has 0 aromatic heterocycles. The van der Waals surface area contributed by atoms with E-state index in [2.05, 4.69) is 12.2 Å². The van der Waals surface area contributed by atoms with Crippen LogP contribution in [0.5, 0.6) is 5.75 Å². The predicted molar refractivity (Wildman–Crippen MR) is 87.1 cm³/mol. The highest BCUT2D eigenvalue weighted by atomic mass is 32.2. The van der Waals surface area contributed by atoms with Crippen LogP contribution in [0.1, 0.15) is 32.3 Å². The van der Waals surface area contributed by atoms with Crippen LogP contribution in [0.2, 0.25) is 0 Å². The summed E-state index contributed by atoms with van der Waals surface area (Å²) >= 11 is 0. The van der Waals surface area contributed by atoms with Crippen molar-refractivity contribution in [2.24, 2.45) is 5.92 Å². The van der Waals surface area contributed by atoms with Crippen LogP contribution in [0.25, 0.3) is 0 Å². The number of aryl methyl sites for hydroxylation is 1. The lowest BCUT2D eigenvalue weighted by Crippen LogP contribution is -2.39. The third kappa shape index (κ3) is 2.95. The topological polar surface area (TPSA) is 75.7 Å². The van der Waals surface area contributed by atoms with E-state index in [1.165, 1.54) is 6.07 Å². The number of sulfonamides is 1. The zero-order chi connectivity index (χ0) is 16.8. The fourth-order valence-electron chi connectivity index (χ4n) is 3.12. The summed E-state index contributed by atoms with van der Waals surface area (Å²) in [5, 5.41) is 2.74. The molecule has 0 spiro atoms. The minimum absolute atomic E-state index is 0.225. The minimum Gasteiger partial charge on any atom is -0.479 e. The Balaban J connectivity index is 2.00. The molecule has 126 valence electrons. The highest BCUT2D eigenvalue weighted by molar-refractivity contribution is 7.89. The maximum Gasteiger partial charge on any atom is 0.265 e. The van der Waals surface area contributed by atoms with Crippen LogP contribution in [-0.4, -0.2) is 37.8 Å². The van der Waals surface area contributed by atoms with Crippen molar-refractivity contribution in [3.8, 4) is 5.75 Å². The van der Waals surface area contributed by atoms with Crippen molar-refractivity contribution < 1.29 is 17.9 Å². The Morgan fingerprint density at radius 2 is 2.04 bits per heavy atom. The molecule has 2 aliphatic rings. The number of benzene rings is 1. The van der Waals surface area contributed by atoms with Gasteiger partial charge in [0.1, 0.15) is 5.75 Å². The molecule has 1 amide bonds. The van der Waals surface area contributed by atoms with Gasteiger partial charge in [0.25, 0.3) is 5.91 Å². The van der Waals surface area contributed by atoms with Crippen molar-refractivity contribution in [3.63, 3.8) is 0 Å². The molecule has 7 heteroatoms. The van der Waals surface area contributed by atoms with E-state index < -0.39 is 16.1 Å². The summed E-state index contributed by atoms with van der Waals surface area (Å²) in [6.45, 7) is 6.55. The number of piperidine rings is 1. The standard InChI is InChI=1S/C16H22N2O4S/c1-10-5-4-6-18(9-10)23(20,21)15-8-14-13(7-11(15)2)17-16(19)12(3)22-14/h7-8,10,12H,4-6,9H2,1-3H3,(H,17,19). The average molecular weight is 338 g/mol. The van der Waals surface area contributed by atoms with Crippen LogP contribution in [-0.2, 0) is 14.8 Å². The summed E-state index contributed by atoms with van der Waals surface area (Å²) in [6.07, 6.45) is 1.31. The summed E-state index contributed by atoms with van der Waals surface area (Å²) in [5.41, 5.74) is 1.14. The molecule has 1 aromatic rings. The molecule has 2 unspecified atom stereocenters. The summed E-state index contributed by atoms with van der Waals surface area (Å²) in [7, 11) is -3.55. The van der Waals surface area contributed by atoms with E-state index in [0.29, 0.717) is 36.0 Å². The van der Waals surface area contributed by atoms with Crippen LogP contribution in [0, 0.1) is 12.8 Å². The molecule has 0 radical (unpaired) electrons. The molecule has 0 saturated carbocycles. The molecule has 2 heterocycles. The fraction of sp³-hybridized carbons (Fsp3) is 0.562. The molecule has 1 aromatic carbocycles. The Labute approximate surface area is 136 Å². The number of carbonyl (C=O) groups excluding carboxylic acids is 1. The van der Waals surface area contributed by atoms with Crippen LogP contribution in [0.4, 0.5) is 5.69 Å². The molecule has 6 nitrogen and oxygen atoms in total. The van der Waals surface area contributed by atoms with Gasteiger partial charge in [-0.15, -0.1) is 0 Å². The SMILES string of the molecule is Cc1cc2c(cc1S(=O)(=O)N1CCCC(C)C1)OC(C)C(=O)N2. The predicted octanol–water partition coefficient (Wildman–Crippen LogP) is 2.14. The first-order valence-electron chi connectivity index (χ1n) is 7.91. The lowest BCUT2D eigenvalue weighted by Gasteiger charge is -2.31. The van der Waals surface area contributed by atoms with E-state index in [1.807, 2.05) is 0 Å². The second-order valence-corrected chi connectivity index (χ2v) is 8.38. The van der Waals surface area contributed by atoms with E-state index >= 15 is 0 Å². The van der Waals surface area contributed by atoms with Crippen molar-refractivity contribution in [1.29, 1.82) is 0 Å².